The van der Waals surface area contributed by atoms with Gasteiger partial charge in [-0.15, -0.1) is 0 Å². The van der Waals surface area contributed by atoms with Gasteiger partial charge in [0.2, 0.25) is 0 Å². The van der Waals surface area contributed by atoms with Gasteiger partial charge in [-0.2, -0.15) is 5.10 Å². The number of nitrogens with zero attached hydrogens (tertiary/aromatic N) is 3. The molecule has 0 amide bonds. The average molecular weight is 278 g/mol. The van der Waals surface area contributed by atoms with E-state index in [4.69, 9.17) is 5.73 Å². The monoisotopic (exact) mass is 278 g/mol. The fourth-order valence-electron chi connectivity index (χ4n) is 3.54. The summed E-state index contributed by atoms with van der Waals surface area (Å²) >= 11 is 0. The summed E-state index contributed by atoms with van der Waals surface area (Å²) in [4.78, 5) is 2.59. The van der Waals surface area contributed by atoms with Crippen LogP contribution in [0.4, 0.5) is 0 Å². The zero-order valence-electron chi connectivity index (χ0n) is 13.4. The zero-order chi connectivity index (χ0) is 14.7. The van der Waals surface area contributed by atoms with E-state index < -0.39 is 0 Å². The smallest absolute Gasteiger partial charge is 0.0538 e. The van der Waals surface area contributed by atoms with Crippen molar-refractivity contribution in [1.82, 2.24) is 14.7 Å². The van der Waals surface area contributed by atoms with Crippen molar-refractivity contribution in [2.75, 3.05) is 13.1 Å². The Labute approximate surface area is 123 Å². The van der Waals surface area contributed by atoms with Crippen LogP contribution in [0.2, 0.25) is 0 Å². The summed E-state index contributed by atoms with van der Waals surface area (Å²) in [5.41, 5.74) is 7.37. The Hall–Kier alpha value is -0.870. The molecule has 1 aromatic rings. The minimum atomic E-state index is 0.306. The maximum Gasteiger partial charge on any atom is 0.0538 e. The Kier molecular flexibility index (Phi) is 5.22. The molecule has 1 aromatic heterocycles. The first-order valence-corrected chi connectivity index (χ1v) is 8.05. The van der Waals surface area contributed by atoms with E-state index in [0.717, 1.165) is 31.3 Å². The number of aromatic nitrogens is 2. The largest absolute Gasteiger partial charge is 0.329 e. The quantitative estimate of drug-likeness (QED) is 0.900. The van der Waals surface area contributed by atoms with Crippen LogP contribution in [0.1, 0.15) is 52.1 Å². The Balaban J connectivity index is 2.17. The van der Waals surface area contributed by atoms with Crippen molar-refractivity contribution in [3.05, 3.63) is 18.0 Å². The Bertz CT molecular complexity index is 414. The number of aryl methyl sites for hydroxylation is 1. The number of nitrogens with two attached hydrogens (primary N) is 1. The first-order chi connectivity index (χ1) is 9.56. The maximum atomic E-state index is 6.09. The van der Waals surface area contributed by atoms with Gasteiger partial charge in [-0.05, 0) is 31.6 Å². The molecule has 0 radical (unpaired) electrons. The average Bonchev–Trinajstić information content (AvgIpc) is 2.85. The van der Waals surface area contributed by atoms with Gasteiger partial charge in [0.15, 0.2) is 0 Å². The van der Waals surface area contributed by atoms with Crippen molar-refractivity contribution in [2.45, 2.75) is 59.2 Å². The summed E-state index contributed by atoms with van der Waals surface area (Å²) in [7, 11) is 0. The second kappa shape index (κ2) is 6.72. The zero-order valence-corrected chi connectivity index (χ0v) is 13.4. The highest BCUT2D eigenvalue weighted by Crippen LogP contribution is 2.33. The van der Waals surface area contributed by atoms with Crippen LogP contribution in [-0.2, 0) is 6.54 Å². The Morgan fingerprint density at radius 3 is 2.80 bits per heavy atom. The highest BCUT2D eigenvalue weighted by molar-refractivity contribution is 5.12. The van der Waals surface area contributed by atoms with Crippen molar-refractivity contribution in [3.63, 3.8) is 0 Å². The molecule has 4 unspecified atom stereocenters. The van der Waals surface area contributed by atoms with Crippen LogP contribution in [0.5, 0.6) is 0 Å². The first kappa shape index (κ1) is 15.5. The number of hydrogen-bond donors (Lipinski definition) is 1. The minimum Gasteiger partial charge on any atom is -0.329 e. The highest BCUT2D eigenvalue weighted by Gasteiger charge is 2.33. The van der Waals surface area contributed by atoms with Crippen LogP contribution in [0, 0.1) is 11.8 Å². The molecule has 4 nitrogen and oxygen atoms in total. The fraction of sp³-hybridized carbons (Fsp3) is 0.812. The van der Waals surface area contributed by atoms with Crippen LogP contribution >= 0.6 is 0 Å². The number of rotatable bonds is 5. The molecule has 2 rings (SSSR count). The van der Waals surface area contributed by atoms with Crippen molar-refractivity contribution in [3.8, 4) is 0 Å². The summed E-state index contributed by atoms with van der Waals surface area (Å²) in [6.45, 7) is 12.0. The fourth-order valence-corrected chi connectivity index (χ4v) is 3.54. The van der Waals surface area contributed by atoms with Gasteiger partial charge >= 0.3 is 0 Å². The van der Waals surface area contributed by atoms with Crippen LogP contribution in [0.3, 0.4) is 0 Å². The molecule has 1 saturated heterocycles. The molecule has 1 aliphatic heterocycles. The van der Waals surface area contributed by atoms with Gasteiger partial charge in [0.25, 0.3) is 0 Å². The summed E-state index contributed by atoms with van der Waals surface area (Å²) < 4.78 is 2.04. The molecule has 0 saturated carbocycles. The van der Waals surface area contributed by atoms with E-state index >= 15 is 0 Å². The first-order valence-electron chi connectivity index (χ1n) is 8.05. The number of likely N-dealkylation sites (tertiary alicyclic amines) is 1. The molecule has 0 spiro atoms. The summed E-state index contributed by atoms with van der Waals surface area (Å²) in [5, 5.41) is 4.47. The van der Waals surface area contributed by atoms with Crippen LogP contribution in [-0.4, -0.2) is 33.8 Å². The van der Waals surface area contributed by atoms with Gasteiger partial charge in [0, 0.05) is 37.4 Å². The van der Waals surface area contributed by atoms with Gasteiger partial charge in [0.1, 0.15) is 0 Å². The molecule has 0 aromatic carbocycles. The lowest BCUT2D eigenvalue weighted by Gasteiger charge is -2.45. The van der Waals surface area contributed by atoms with Gasteiger partial charge in [-0.25, -0.2) is 0 Å². The predicted molar refractivity (Wildman–Crippen MR) is 83.4 cm³/mol. The predicted octanol–water partition coefficient (Wildman–Crippen LogP) is 2.66. The van der Waals surface area contributed by atoms with Crippen molar-refractivity contribution < 1.29 is 0 Å². The van der Waals surface area contributed by atoms with Gasteiger partial charge in [-0.1, -0.05) is 20.8 Å². The van der Waals surface area contributed by atoms with E-state index in [0.29, 0.717) is 18.6 Å². The Morgan fingerprint density at radius 2 is 2.15 bits per heavy atom. The lowest BCUT2D eigenvalue weighted by molar-refractivity contribution is 0.0424. The molecule has 4 heteroatoms. The van der Waals surface area contributed by atoms with Crippen molar-refractivity contribution in [1.29, 1.82) is 0 Å². The normalized spacial score (nSPS) is 29.6. The Morgan fingerprint density at radius 1 is 1.40 bits per heavy atom. The van der Waals surface area contributed by atoms with Gasteiger partial charge in [0.05, 0.1) is 12.2 Å². The van der Waals surface area contributed by atoms with Crippen LogP contribution < -0.4 is 5.73 Å². The van der Waals surface area contributed by atoms with Crippen LogP contribution in [0.25, 0.3) is 0 Å². The van der Waals surface area contributed by atoms with Crippen molar-refractivity contribution >= 4 is 0 Å². The topological polar surface area (TPSA) is 47.1 Å². The molecule has 20 heavy (non-hydrogen) atoms. The maximum absolute atomic E-state index is 6.09. The molecule has 0 bridgehead atoms. The van der Waals surface area contributed by atoms with E-state index in [9.17, 15) is 0 Å². The lowest BCUT2D eigenvalue weighted by atomic mass is 9.84. The molecule has 2 N–H and O–H groups in total. The standard InChI is InChI=1S/C16H30N4/c1-5-6-19-11-15(9-18-19)16(8-17)20-10-12(2)7-13(3)14(20)4/h9,11-14,16H,5-8,10,17H2,1-4H3. The highest BCUT2D eigenvalue weighted by atomic mass is 15.3. The third-order valence-corrected chi connectivity index (χ3v) is 4.76. The molecule has 1 fully saturated rings. The second-order valence-electron chi connectivity index (χ2n) is 6.54. The third-order valence-electron chi connectivity index (χ3n) is 4.76. The van der Waals surface area contributed by atoms with E-state index in [1.54, 1.807) is 0 Å². The number of hydrogen-bond acceptors (Lipinski definition) is 3. The molecule has 4 atom stereocenters. The van der Waals surface area contributed by atoms with E-state index in [-0.39, 0.29) is 0 Å². The van der Waals surface area contributed by atoms with E-state index in [1.165, 1.54) is 12.0 Å². The minimum absolute atomic E-state index is 0.306. The lowest BCUT2D eigenvalue weighted by Crippen LogP contribution is -2.49. The summed E-state index contributed by atoms with van der Waals surface area (Å²) in [6, 6.07) is 0.898. The molecular formula is C16H30N4. The molecule has 0 aliphatic carbocycles. The molecule has 2 heterocycles. The molecule has 1 aliphatic rings. The summed E-state index contributed by atoms with van der Waals surface area (Å²) in [5.74, 6) is 1.49. The third kappa shape index (κ3) is 3.23. The molecular weight excluding hydrogens is 248 g/mol. The van der Waals surface area contributed by atoms with E-state index in [2.05, 4.69) is 43.9 Å². The number of piperidine rings is 1. The second-order valence-corrected chi connectivity index (χ2v) is 6.54. The SMILES string of the molecule is CCCn1cc(C(CN)N2CC(C)CC(C)C2C)cn1. The summed E-state index contributed by atoms with van der Waals surface area (Å²) in [6.07, 6.45) is 6.62. The van der Waals surface area contributed by atoms with Gasteiger partial charge in [-0.3, -0.25) is 9.58 Å². The van der Waals surface area contributed by atoms with Gasteiger partial charge < -0.3 is 5.73 Å². The van der Waals surface area contributed by atoms with Crippen molar-refractivity contribution in [2.24, 2.45) is 17.6 Å². The van der Waals surface area contributed by atoms with Crippen LogP contribution in [0.15, 0.2) is 12.4 Å². The van der Waals surface area contributed by atoms with E-state index in [1.807, 2.05) is 10.9 Å². The molecule has 114 valence electrons.